The Morgan fingerprint density at radius 2 is 2.29 bits per heavy atom. The van der Waals surface area contributed by atoms with Gasteiger partial charge in [-0.1, -0.05) is 27.5 Å². The molecular formula is C8H5BrClF2NO. The normalized spacial score (nSPS) is 10.6. The zero-order chi connectivity index (χ0) is 10.7. The molecule has 1 aromatic heterocycles. The molecule has 0 saturated carbocycles. The van der Waals surface area contributed by atoms with Gasteiger partial charge < -0.3 is 0 Å². The van der Waals surface area contributed by atoms with Crippen molar-refractivity contribution in [3.05, 3.63) is 28.0 Å². The summed E-state index contributed by atoms with van der Waals surface area (Å²) in [6.07, 6.45) is -2.35. The summed E-state index contributed by atoms with van der Waals surface area (Å²) in [6.45, 7) is 0. The van der Waals surface area contributed by atoms with Crippen LogP contribution in [0.1, 0.15) is 28.2 Å². The molecule has 0 bridgehead atoms. The van der Waals surface area contributed by atoms with Gasteiger partial charge in [0.1, 0.15) is 11.4 Å². The van der Waals surface area contributed by atoms with Crippen LogP contribution in [0.2, 0.25) is 5.02 Å². The van der Waals surface area contributed by atoms with Crippen LogP contribution in [0.5, 0.6) is 0 Å². The monoisotopic (exact) mass is 283 g/mol. The molecule has 0 atom stereocenters. The summed E-state index contributed by atoms with van der Waals surface area (Å²) in [6, 6.07) is 1.26. The zero-order valence-electron chi connectivity index (χ0n) is 6.81. The van der Waals surface area contributed by atoms with Crippen molar-refractivity contribution >= 4 is 33.8 Å². The highest BCUT2D eigenvalue weighted by atomic mass is 79.9. The van der Waals surface area contributed by atoms with Crippen LogP contribution in [0.25, 0.3) is 0 Å². The Balaban J connectivity index is 3.35. The molecular weight excluding hydrogens is 279 g/mol. The molecule has 0 N–H and O–H groups in total. The second-order valence-electron chi connectivity index (χ2n) is 2.44. The first-order chi connectivity index (χ1) is 6.60. The molecule has 0 radical (unpaired) electrons. The van der Waals surface area contributed by atoms with Crippen LogP contribution in [0.3, 0.4) is 0 Å². The van der Waals surface area contributed by atoms with Gasteiger partial charge in [-0.15, -0.1) is 0 Å². The van der Waals surface area contributed by atoms with Crippen LogP contribution < -0.4 is 0 Å². The van der Waals surface area contributed by atoms with Gasteiger partial charge >= 0.3 is 0 Å². The first-order valence-corrected chi connectivity index (χ1v) is 5.08. The maximum absolute atomic E-state index is 12.5. The maximum Gasteiger partial charge on any atom is 0.280 e. The molecule has 1 heterocycles. The molecule has 0 aliphatic carbocycles. The quantitative estimate of drug-likeness (QED) is 0.629. The molecule has 0 aliphatic rings. The van der Waals surface area contributed by atoms with Crippen molar-refractivity contribution < 1.29 is 13.6 Å². The maximum atomic E-state index is 12.5. The summed E-state index contributed by atoms with van der Waals surface area (Å²) < 4.78 is 24.9. The lowest BCUT2D eigenvalue weighted by atomic mass is 10.2. The summed E-state index contributed by atoms with van der Waals surface area (Å²) in [5.74, 6) is 0. The van der Waals surface area contributed by atoms with E-state index in [2.05, 4.69) is 20.9 Å². The van der Waals surface area contributed by atoms with Gasteiger partial charge in [-0.05, 0) is 6.07 Å². The first kappa shape index (κ1) is 11.5. The number of rotatable bonds is 3. The number of carbonyl (C=O) groups excluding carboxylic acids is 1. The lowest BCUT2D eigenvalue weighted by Crippen LogP contribution is -2.01. The van der Waals surface area contributed by atoms with E-state index in [0.717, 1.165) is 0 Å². The predicted molar refractivity (Wildman–Crippen MR) is 52.2 cm³/mol. The highest BCUT2D eigenvalue weighted by Gasteiger charge is 2.18. The highest BCUT2D eigenvalue weighted by Crippen LogP contribution is 2.28. The molecule has 76 valence electrons. The Kier molecular flexibility index (Phi) is 3.95. The van der Waals surface area contributed by atoms with Gasteiger partial charge in [-0.3, -0.25) is 4.79 Å². The van der Waals surface area contributed by atoms with E-state index in [9.17, 15) is 13.6 Å². The van der Waals surface area contributed by atoms with Gasteiger partial charge in [-0.2, -0.15) is 0 Å². The summed E-state index contributed by atoms with van der Waals surface area (Å²) >= 11 is 8.72. The number of halogens is 4. The van der Waals surface area contributed by atoms with Gasteiger partial charge in [0.05, 0.1) is 0 Å². The van der Waals surface area contributed by atoms with E-state index in [4.69, 9.17) is 11.6 Å². The minimum Gasteiger partial charge on any atom is -0.296 e. The van der Waals surface area contributed by atoms with E-state index in [1.54, 1.807) is 0 Å². The topological polar surface area (TPSA) is 30.0 Å². The van der Waals surface area contributed by atoms with Crippen molar-refractivity contribution in [2.24, 2.45) is 0 Å². The van der Waals surface area contributed by atoms with E-state index in [1.807, 2.05) is 0 Å². The fraction of sp³-hybridized carbons (Fsp3) is 0.250. The van der Waals surface area contributed by atoms with Crippen LogP contribution in [0.15, 0.2) is 6.07 Å². The molecule has 0 spiro atoms. The third kappa shape index (κ3) is 2.27. The minimum absolute atomic E-state index is 0.0880. The van der Waals surface area contributed by atoms with Gasteiger partial charge in [0.15, 0.2) is 6.29 Å². The lowest BCUT2D eigenvalue weighted by Gasteiger charge is -2.07. The van der Waals surface area contributed by atoms with Gasteiger partial charge in [0.25, 0.3) is 6.43 Å². The summed E-state index contributed by atoms with van der Waals surface area (Å²) in [4.78, 5) is 13.8. The summed E-state index contributed by atoms with van der Waals surface area (Å²) in [5, 5.41) is 0.298. The van der Waals surface area contributed by atoms with Gasteiger partial charge in [0.2, 0.25) is 0 Å². The molecule has 6 heteroatoms. The first-order valence-electron chi connectivity index (χ1n) is 3.58. The fourth-order valence-electron chi connectivity index (χ4n) is 0.951. The number of carbonyl (C=O) groups is 1. The summed E-state index contributed by atoms with van der Waals surface area (Å²) in [5.41, 5.74) is -0.321. The van der Waals surface area contributed by atoms with E-state index >= 15 is 0 Å². The molecule has 0 amide bonds. The Bertz CT molecular complexity index is 359. The van der Waals surface area contributed by atoms with Crippen LogP contribution >= 0.6 is 27.5 Å². The van der Waals surface area contributed by atoms with Crippen molar-refractivity contribution in [1.29, 1.82) is 0 Å². The van der Waals surface area contributed by atoms with Crippen LogP contribution in [-0.4, -0.2) is 11.3 Å². The van der Waals surface area contributed by atoms with Crippen LogP contribution in [-0.2, 0) is 5.33 Å². The molecule has 0 unspecified atom stereocenters. The largest absolute Gasteiger partial charge is 0.296 e. The molecule has 2 nitrogen and oxygen atoms in total. The summed E-state index contributed by atoms with van der Waals surface area (Å²) in [7, 11) is 0. The SMILES string of the molecule is O=Cc1cc(Cl)c(CBr)c(C(F)F)n1. The van der Waals surface area contributed by atoms with Crippen LogP contribution in [0.4, 0.5) is 8.78 Å². The second-order valence-corrected chi connectivity index (χ2v) is 3.41. The molecule has 0 fully saturated rings. The van der Waals surface area contributed by atoms with Gasteiger partial charge in [0, 0.05) is 15.9 Å². The molecule has 1 aromatic rings. The van der Waals surface area contributed by atoms with Crippen molar-refractivity contribution in [3.8, 4) is 0 Å². The number of aldehydes is 1. The Hall–Kier alpha value is -0.550. The van der Waals surface area contributed by atoms with Crippen molar-refractivity contribution in [3.63, 3.8) is 0 Å². The smallest absolute Gasteiger partial charge is 0.280 e. The Morgan fingerprint density at radius 1 is 1.64 bits per heavy atom. The van der Waals surface area contributed by atoms with Crippen molar-refractivity contribution in [2.45, 2.75) is 11.8 Å². The van der Waals surface area contributed by atoms with Crippen LogP contribution in [0, 0.1) is 0 Å². The molecule has 14 heavy (non-hydrogen) atoms. The third-order valence-corrected chi connectivity index (χ3v) is 2.48. The number of pyridine rings is 1. The van der Waals surface area contributed by atoms with Crippen molar-refractivity contribution in [1.82, 2.24) is 4.98 Å². The van der Waals surface area contributed by atoms with E-state index in [-0.39, 0.29) is 21.6 Å². The molecule has 0 saturated heterocycles. The molecule has 1 rings (SSSR count). The third-order valence-electron chi connectivity index (χ3n) is 1.58. The van der Waals surface area contributed by atoms with E-state index < -0.39 is 12.1 Å². The fourth-order valence-corrected chi connectivity index (χ4v) is 1.98. The number of nitrogens with zero attached hydrogens (tertiary/aromatic N) is 1. The predicted octanol–water partition coefficient (Wildman–Crippen LogP) is 3.38. The highest BCUT2D eigenvalue weighted by molar-refractivity contribution is 9.08. The Labute approximate surface area is 92.4 Å². The molecule has 0 aliphatic heterocycles. The average Bonchev–Trinajstić information content (AvgIpc) is 2.16. The second kappa shape index (κ2) is 4.79. The number of alkyl halides is 3. The zero-order valence-corrected chi connectivity index (χ0v) is 9.15. The molecule has 0 aromatic carbocycles. The Morgan fingerprint density at radius 3 is 2.71 bits per heavy atom. The van der Waals surface area contributed by atoms with Gasteiger partial charge in [-0.25, -0.2) is 13.8 Å². The van der Waals surface area contributed by atoms with E-state index in [1.165, 1.54) is 6.07 Å². The standard InChI is InChI=1S/C8H5BrClF2NO/c9-2-5-6(10)1-4(3-14)13-7(5)8(11)12/h1,3,8H,2H2. The minimum atomic E-state index is -2.74. The van der Waals surface area contributed by atoms with Crippen molar-refractivity contribution in [2.75, 3.05) is 0 Å². The lowest BCUT2D eigenvalue weighted by molar-refractivity contribution is 0.111. The number of aromatic nitrogens is 1. The van der Waals surface area contributed by atoms with E-state index in [0.29, 0.717) is 6.29 Å². The number of hydrogen-bond donors (Lipinski definition) is 0. The average molecular weight is 284 g/mol. The number of hydrogen-bond acceptors (Lipinski definition) is 2.